The van der Waals surface area contributed by atoms with Crippen LogP contribution in [-0.4, -0.2) is 54.6 Å². The third-order valence-electron chi connectivity index (χ3n) is 4.92. The number of ether oxygens (including phenoxy) is 6. The van der Waals surface area contributed by atoms with Gasteiger partial charge in [0, 0.05) is 0 Å². The first-order valence-electron chi connectivity index (χ1n) is 9.02. The molecule has 0 bridgehead atoms. The zero-order valence-electron chi connectivity index (χ0n) is 17.9. The molecule has 0 unspecified atom stereocenters. The molecule has 30 heavy (non-hydrogen) atoms. The van der Waals surface area contributed by atoms with Crippen molar-refractivity contribution in [1.82, 2.24) is 0 Å². The molecular weight excluding hydrogens is 392 g/mol. The van der Waals surface area contributed by atoms with Gasteiger partial charge in [0.2, 0.25) is 0 Å². The Morgan fingerprint density at radius 1 is 0.667 bits per heavy atom. The SMILES string of the molecule is COC(=O)CC(C(=O)OC)(c1ccc(OC)c(OC)c1)c1ccc(OC)c(OC)c1. The van der Waals surface area contributed by atoms with Crippen LogP contribution >= 0.6 is 0 Å². The van der Waals surface area contributed by atoms with Crippen LogP contribution < -0.4 is 18.9 Å². The number of hydrogen-bond donors (Lipinski definition) is 0. The number of benzene rings is 2. The Labute approximate surface area is 175 Å². The standard InChI is InChI=1S/C22H26O8/c1-25-16-9-7-14(11-18(16)27-3)22(21(24)30-6,13-20(23)29-5)15-8-10-17(26-2)19(12-15)28-4/h7-12H,13H2,1-6H3. The maximum Gasteiger partial charge on any atom is 0.321 e. The van der Waals surface area contributed by atoms with Gasteiger partial charge in [-0.2, -0.15) is 0 Å². The molecule has 162 valence electrons. The summed E-state index contributed by atoms with van der Waals surface area (Å²) >= 11 is 0. The fourth-order valence-electron chi connectivity index (χ4n) is 3.34. The lowest BCUT2D eigenvalue weighted by molar-refractivity contribution is -0.152. The van der Waals surface area contributed by atoms with Crippen LogP contribution in [0.1, 0.15) is 17.5 Å². The molecule has 8 heteroatoms. The summed E-state index contributed by atoms with van der Waals surface area (Å²) in [5, 5.41) is 0. The summed E-state index contributed by atoms with van der Waals surface area (Å²) in [7, 11) is 8.50. The van der Waals surface area contributed by atoms with E-state index in [1.165, 1.54) is 42.7 Å². The molecule has 0 radical (unpaired) electrons. The monoisotopic (exact) mass is 418 g/mol. The lowest BCUT2D eigenvalue weighted by Crippen LogP contribution is -2.40. The molecule has 0 saturated carbocycles. The third-order valence-corrected chi connectivity index (χ3v) is 4.92. The summed E-state index contributed by atoms with van der Waals surface area (Å²) in [6.07, 6.45) is -0.304. The van der Waals surface area contributed by atoms with Gasteiger partial charge in [0.05, 0.1) is 49.1 Å². The van der Waals surface area contributed by atoms with Crippen LogP contribution in [0.15, 0.2) is 36.4 Å². The van der Waals surface area contributed by atoms with Gasteiger partial charge >= 0.3 is 11.9 Å². The Kier molecular flexibility index (Phi) is 7.52. The highest BCUT2D eigenvalue weighted by molar-refractivity contribution is 5.93. The summed E-state index contributed by atoms with van der Waals surface area (Å²) in [5.41, 5.74) is -0.602. The van der Waals surface area contributed by atoms with Crippen LogP contribution in [0.4, 0.5) is 0 Å². The lowest BCUT2D eigenvalue weighted by atomic mass is 9.71. The summed E-state index contributed by atoms with van der Waals surface area (Å²) < 4.78 is 31.4. The predicted molar refractivity (Wildman–Crippen MR) is 109 cm³/mol. The van der Waals surface area contributed by atoms with E-state index in [0.717, 1.165) is 0 Å². The van der Waals surface area contributed by atoms with Crippen molar-refractivity contribution in [3.63, 3.8) is 0 Å². The molecule has 2 rings (SSSR count). The number of methoxy groups -OCH3 is 6. The van der Waals surface area contributed by atoms with E-state index in [9.17, 15) is 9.59 Å². The largest absolute Gasteiger partial charge is 0.493 e. The van der Waals surface area contributed by atoms with Gasteiger partial charge in [0.15, 0.2) is 23.0 Å². The van der Waals surface area contributed by atoms with Gasteiger partial charge in [-0.3, -0.25) is 9.59 Å². The Balaban J connectivity index is 2.86. The molecule has 2 aromatic carbocycles. The molecule has 2 aromatic rings. The zero-order chi connectivity index (χ0) is 22.3. The minimum atomic E-state index is -1.53. The number of rotatable bonds is 9. The highest BCUT2D eigenvalue weighted by atomic mass is 16.5. The molecule has 0 N–H and O–H groups in total. The van der Waals surface area contributed by atoms with E-state index in [-0.39, 0.29) is 6.42 Å². The minimum Gasteiger partial charge on any atom is -0.493 e. The van der Waals surface area contributed by atoms with Crippen LogP contribution in [0.3, 0.4) is 0 Å². The summed E-state index contributed by atoms with van der Waals surface area (Å²) in [6.45, 7) is 0. The third kappa shape index (κ3) is 4.12. The Morgan fingerprint density at radius 2 is 1.10 bits per heavy atom. The Morgan fingerprint density at radius 3 is 1.43 bits per heavy atom. The van der Waals surface area contributed by atoms with Gasteiger partial charge in [0.1, 0.15) is 5.41 Å². The van der Waals surface area contributed by atoms with E-state index in [2.05, 4.69) is 0 Å². The van der Waals surface area contributed by atoms with E-state index in [1.54, 1.807) is 36.4 Å². The number of hydrogen-bond acceptors (Lipinski definition) is 8. The van der Waals surface area contributed by atoms with Crippen LogP contribution in [0.25, 0.3) is 0 Å². The molecule has 0 amide bonds. The van der Waals surface area contributed by atoms with Gasteiger partial charge in [-0.05, 0) is 35.4 Å². The van der Waals surface area contributed by atoms with Gasteiger partial charge in [-0.15, -0.1) is 0 Å². The maximum atomic E-state index is 13.2. The second-order valence-corrected chi connectivity index (χ2v) is 6.29. The molecule has 8 nitrogen and oxygen atoms in total. The van der Waals surface area contributed by atoms with E-state index in [0.29, 0.717) is 34.1 Å². The number of carbonyl (C=O) groups is 2. The van der Waals surface area contributed by atoms with Crippen LogP contribution in [0, 0.1) is 0 Å². The normalized spacial score (nSPS) is 10.7. The van der Waals surface area contributed by atoms with Crippen LogP contribution in [0.5, 0.6) is 23.0 Å². The molecule has 0 heterocycles. The number of esters is 2. The van der Waals surface area contributed by atoms with E-state index < -0.39 is 17.4 Å². The fourth-order valence-corrected chi connectivity index (χ4v) is 3.34. The highest BCUT2D eigenvalue weighted by Gasteiger charge is 2.46. The maximum absolute atomic E-state index is 13.2. The van der Waals surface area contributed by atoms with Crippen molar-refractivity contribution in [3.05, 3.63) is 47.5 Å². The van der Waals surface area contributed by atoms with Gasteiger partial charge in [-0.1, -0.05) is 12.1 Å². The van der Waals surface area contributed by atoms with Gasteiger partial charge in [0.25, 0.3) is 0 Å². The molecule has 0 aliphatic heterocycles. The van der Waals surface area contributed by atoms with Gasteiger partial charge < -0.3 is 28.4 Å². The molecule has 0 saturated heterocycles. The van der Waals surface area contributed by atoms with Crippen molar-refractivity contribution in [1.29, 1.82) is 0 Å². The van der Waals surface area contributed by atoms with Crippen molar-refractivity contribution in [2.45, 2.75) is 11.8 Å². The summed E-state index contributed by atoms with van der Waals surface area (Å²) in [5.74, 6) is 0.510. The van der Waals surface area contributed by atoms with Crippen molar-refractivity contribution in [2.24, 2.45) is 0 Å². The number of carbonyl (C=O) groups excluding carboxylic acids is 2. The first-order valence-corrected chi connectivity index (χ1v) is 9.02. The molecule has 0 aliphatic carbocycles. The fraction of sp³-hybridized carbons (Fsp3) is 0.364. The molecular formula is C22H26O8. The van der Waals surface area contributed by atoms with E-state index in [1.807, 2.05) is 0 Å². The highest BCUT2D eigenvalue weighted by Crippen LogP contribution is 2.43. The summed E-state index contributed by atoms with van der Waals surface area (Å²) in [4.78, 5) is 25.6. The van der Waals surface area contributed by atoms with Crippen molar-refractivity contribution in [2.75, 3.05) is 42.7 Å². The predicted octanol–water partition coefficient (Wildman–Crippen LogP) is 2.74. The average Bonchev–Trinajstić information content (AvgIpc) is 2.80. The second kappa shape index (κ2) is 9.87. The van der Waals surface area contributed by atoms with E-state index in [4.69, 9.17) is 28.4 Å². The zero-order valence-corrected chi connectivity index (χ0v) is 17.9. The first kappa shape index (κ1) is 22.9. The van der Waals surface area contributed by atoms with E-state index >= 15 is 0 Å². The van der Waals surface area contributed by atoms with Crippen molar-refractivity contribution < 1.29 is 38.0 Å². The minimum absolute atomic E-state index is 0.304. The van der Waals surface area contributed by atoms with Crippen LogP contribution in [-0.2, 0) is 24.5 Å². The lowest BCUT2D eigenvalue weighted by Gasteiger charge is -2.32. The Hall–Kier alpha value is -3.42. The Bertz CT molecular complexity index is 851. The molecule has 0 fully saturated rings. The molecule has 0 spiro atoms. The first-order chi connectivity index (χ1) is 14.4. The summed E-state index contributed by atoms with van der Waals surface area (Å²) in [6, 6.07) is 9.94. The quantitative estimate of drug-likeness (QED) is 0.575. The van der Waals surface area contributed by atoms with Crippen molar-refractivity contribution >= 4 is 11.9 Å². The average molecular weight is 418 g/mol. The smallest absolute Gasteiger partial charge is 0.321 e. The molecule has 0 atom stereocenters. The van der Waals surface area contributed by atoms with Crippen LogP contribution in [0.2, 0.25) is 0 Å². The second-order valence-electron chi connectivity index (χ2n) is 6.29. The topological polar surface area (TPSA) is 89.5 Å². The molecule has 0 aliphatic rings. The molecule has 0 aromatic heterocycles. The van der Waals surface area contributed by atoms with Gasteiger partial charge in [-0.25, -0.2) is 0 Å². The van der Waals surface area contributed by atoms with Crippen molar-refractivity contribution in [3.8, 4) is 23.0 Å².